The van der Waals surface area contributed by atoms with Crippen LogP contribution in [-0.4, -0.2) is 53.6 Å². The van der Waals surface area contributed by atoms with Crippen LogP contribution in [0, 0.1) is 0 Å². The predicted octanol–water partition coefficient (Wildman–Crippen LogP) is -0.527. The number of carbonyl (C=O) groups excluding carboxylic acids is 1. The van der Waals surface area contributed by atoms with E-state index in [1.165, 1.54) is 36.1 Å². The molecule has 1 aliphatic heterocycles. The number of quaternary nitrogens is 1. The normalized spacial score (nSPS) is 16.6. The molecule has 1 fully saturated rings. The van der Waals surface area contributed by atoms with Crippen molar-refractivity contribution in [1.29, 1.82) is 0 Å². The highest BCUT2D eigenvalue weighted by Gasteiger charge is 2.16. The number of rotatable bonds is 7. The van der Waals surface area contributed by atoms with Crippen LogP contribution in [0.25, 0.3) is 0 Å². The molecule has 1 heterocycles. The lowest BCUT2D eigenvalue weighted by Gasteiger charge is -2.23. The summed E-state index contributed by atoms with van der Waals surface area (Å²) in [6, 6.07) is 6.00. The van der Waals surface area contributed by atoms with Gasteiger partial charge in [-0.05, 0) is 19.1 Å². The van der Waals surface area contributed by atoms with E-state index in [1.54, 1.807) is 0 Å². The van der Waals surface area contributed by atoms with Crippen molar-refractivity contribution >= 4 is 15.8 Å². The van der Waals surface area contributed by atoms with Gasteiger partial charge < -0.3 is 9.64 Å². The first-order valence-corrected chi connectivity index (χ1v) is 8.99. The van der Waals surface area contributed by atoms with E-state index < -0.39 is 10.0 Å². The highest BCUT2D eigenvalue weighted by atomic mass is 32.2. The topological polar surface area (TPSA) is 76.9 Å². The van der Waals surface area contributed by atoms with Crippen molar-refractivity contribution in [3.8, 4) is 0 Å². The maximum atomic E-state index is 12.1. The molecule has 0 aliphatic carbocycles. The maximum Gasteiger partial charge on any atom is 0.240 e. The van der Waals surface area contributed by atoms with E-state index in [1.807, 2.05) is 0 Å². The van der Waals surface area contributed by atoms with Crippen LogP contribution in [0.15, 0.2) is 29.2 Å². The third kappa shape index (κ3) is 4.88. The van der Waals surface area contributed by atoms with Gasteiger partial charge in [-0.15, -0.1) is 0 Å². The number of carbonyl (C=O) groups is 1. The smallest absolute Gasteiger partial charge is 0.240 e. The number of hydrogen-bond donors (Lipinski definition) is 2. The highest BCUT2D eigenvalue weighted by molar-refractivity contribution is 7.89. The second-order valence-electron chi connectivity index (χ2n) is 5.44. The lowest BCUT2D eigenvalue weighted by molar-refractivity contribution is -0.908. The lowest BCUT2D eigenvalue weighted by Crippen LogP contribution is -3.14. The van der Waals surface area contributed by atoms with Gasteiger partial charge in [-0.3, -0.25) is 4.79 Å². The lowest BCUT2D eigenvalue weighted by atomic mass is 10.2. The van der Waals surface area contributed by atoms with Crippen molar-refractivity contribution in [2.24, 2.45) is 0 Å². The standard InChI is InChI=1S/C15H22N2O4S/c1-13(18)14-3-5-15(6-4-14)22(19,20)16-7-2-8-17-9-11-21-12-10-17/h3-6,16H,2,7-12H2,1H3/p+1. The summed E-state index contributed by atoms with van der Waals surface area (Å²) >= 11 is 0. The zero-order valence-electron chi connectivity index (χ0n) is 12.8. The molecule has 1 saturated heterocycles. The Labute approximate surface area is 131 Å². The monoisotopic (exact) mass is 327 g/mol. The fourth-order valence-electron chi connectivity index (χ4n) is 2.41. The number of benzene rings is 1. The summed E-state index contributed by atoms with van der Waals surface area (Å²) in [5.74, 6) is -0.0783. The van der Waals surface area contributed by atoms with Crippen LogP contribution in [-0.2, 0) is 14.8 Å². The molecule has 6 nitrogen and oxygen atoms in total. The molecule has 0 radical (unpaired) electrons. The fraction of sp³-hybridized carbons (Fsp3) is 0.533. The zero-order chi connectivity index (χ0) is 16.0. The molecular formula is C15H23N2O4S+. The molecule has 0 bridgehead atoms. The van der Waals surface area contributed by atoms with E-state index in [0.717, 1.165) is 39.3 Å². The Hall–Kier alpha value is -1.28. The molecule has 0 spiro atoms. The molecule has 7 heteroatoms. The zero-order valence-corrected chi connectivity index (χ0v) is 13.6. The molecular weight excluding hydrogens is 304 g/mol. The number of Topliss-reactive ketones (excluding diaryl/α,β-unsaturated/α-hetero) is 1. The fourth-order valence-corrected chi connectivity index (χ4v) is 3.48. The van der Waals surface area contributed by atoms with Crippen LogP contribution < -0.4 is 9.62 Å². The summed E-state index contributed by atoms with van der Waals surface area (Å²) in [5, 5.41) is 0. The largest absolute Gasteiger partial charge is 0.370 e. The summed E-state index contributed by atoms with van der Waals surface area (Å²) in [4.78, 5) is 12.8. The van der Waals surface area contributed by atoms with E-state index in [-0.39, 0.29) is 10.7 Å². The molecule has 0 unspecified atom stereocenters. The van der Waals surface area contributed by atoms with Crippen molar-refractivity contribution < 1.29 is 22.8 Å². The van der Waals surface area contributed by atoms with Gasteiger partial charge in [0.25, 0.3) is 0 Å². The Morgan fingerprint density at radius 3 is 2.45 bits per heavy atom. The first-order valence-electron chi connectivity index (χ1n) is 7.51. The van der Waals surface area contributed by atoms with E-state index >= 15 is 0 Å². The van der Waals surface area contributed by atoms with E-state index in [4.69, 9.17) is 4.74 Å². The van der Waals surface area contributed by atoms with Gasteiger partial charge in [-0.1, -0.05) is 12.1 Å². The average Bonchev–Trinajstić information content (AvgIpc) is 2.53. The number of sulfonamides is 1. The van der Waals surface area contributed by atoms with Gasteiger partial charge >= 0.3 is 0 Å². The van der Waals surface area contributed by atoms with E-state index in [9.17, 15) is 13.2 Å². The van der Waals surface area contributed by atoms with Gasteiger partial charge in [-0.2, -0.15) is 0 Å². The van der Waals surface area contributed by atoms with Gasteiger partial charge in [0, 0.05) is 18.5 Å². The molecule has 122 valence electrons. The van der Waals surface area contributed by atoms with Gasteiger partial charge in [0.05, 0.1) is 24.7 Å². The van der Waals surface area contributed by atoms with Crippen molar-refractivity contribution in [3.63, 3.8) is 0 Å². The SMILES string of the molecule is CC(=O)c1ccc(S(=O)(=O)NCCC[NH+]2CCOCC2)cc1. The Balaban J connectivity index is 1.81. The number of ether oxygens (including phenoxy) is 1. The minimum atomic E-state index is -3.50. The second kappa shape index (κ2) is 7.82. The van der Waals surface area contributed by atoms with Crippen LogP contribution in [0.1, 0.15) is 23.7 Å². The first-order chi connectivity index (χ1) is 10.5. The molecule has 2 N–H and O–H groups in total. The molecule has 1 aliphatic rings. The Kier molecular flexibility index (Phi) is 6.07. The molecule has 2 rings (SSSR count). The number of morpholine rings is 1. The number of ketones is 1. The summed E-state index contributed by atoms with van der Waals surface area (Å²) < 4.78 is 32.2. The molecule has 1 aromatic carbocycles. The second-order valence-corrected chi connectivity index (χ2v) is 7.21. The summed E-state index contributed by atoms with van der Waals surface area (Å²) in [6.45, 7) is 6.34. The average molecular weight is 327 g/mol. The van der Waals surface area contributed by atoms with Crippen molar-refractivity contribution in [2.75, 3.05) is 39.4 Å². The molecule has 1 aromatic rings. The molecule has 0 amide bonds. The van der Waals surface area contributed by atoms with Crippen molar-refractivity contribution in [3.05, 3.63) is 29.8 Å². The van der Waals surface area contributed by atoms with Crippen LogP contribution >= 0.6 is 0 Å². The predicted molar refractivity (Wildman–Crippen MR) is 82.6 cm³/mol. The van der Waals surface area contributed by atoms with Crippen LogP contribution in [0.3, 0.4) is 0 Å². The number of nitrogens with one attached hydrogen (secondary N) is 2. The van der Waals surface area contributed by atoms with Gasteiger partial charge in [-0.25, -0.2) is 13.1 Å². The minimum Gasteiger partial charge on any atom is -0.370 e. The quantitative estimate of drug-likeness (QED) is 0.522. The Morgan fingerprint density at radius 1 is 1.23 bits per heavy atom. The van der Waals surface area contributed by atoms with E-state index in [2.05, 4.69) is 4.72 Å². The maximum absolute atomic E-state index is 12.1. The van der Waals surface area contributed by atoms with E-state index in [0.29, 0.717) is 12.1 Å². The third-order valence-electron chi connectivity index (χ3n) is 3.77. The van der Waals surface area contributed by atoms with Crippen molar-refractivity contribution in [2.45, 2.75) is 18.2 Å². The molecule has 0 aromatic heterocycles. The van der Waals surface area contributed by atoms with Crippen LogP contribution in [0.4, 0.5) is 0 Å². The Morgan fingerprint density at radius 2 is 1.86 bits per heavy atom. The molecule has 0 saturated carbocycles. The first kappa shape index (κ1) is 17.1. The molecule has 22 heavy (non-hydrogen) atoms. The molecule has 0 atom stereocenters. The van der Waals surface area contributed by atoms with Gasteiger partial charge in [0.1, 0.15) is 13.1 Å². The summed E-state index contributed by atoms with van der Waals surface area (Å²) in [7, 11) is -3.50. The van der Waals surface area contributed by atoms with Crippen LogP contribution in [0.2, 0.25) is 0 Å². The van der Waals surface area contributed by atoms with Gasteiger partial charge in [0.15, 0.2) is 5.78 Å². The summed E-state index contributed by atoms with van der Waals surface area (Å²) in [5.41, 5.74) is 0.509. The highest BCUT2D eigenvalue weighted by Crippen LogP contribution is 2.10. The minimum absolute atomic E-state index is 0.0783. The number of hydrogen-bond acceptors (Lipinski definition) is 4. The van der Waals surface area contributed by atoms with Crippen LogP contribution in [0.5, 0.6) is 0 Å². The van der Waals surface area contributed by atoms with Gasteiger partial charge in [0.2, 0.25) is 10.0 Å². The van der Waals surface area contributed by atoms with Crippen molar-refractivity contribution in [1.82, 2.24) is 4.72 Å². The Bertz CT molecular complexity index is 592. The third-order valence-corrected chi connectivity index (χ3v) is 5.25. The summed E-state index contributed by atoms with van der Waals surface area (Å²) in [6.07, 6.45) is 0.792.